The van der Waals surface area contributed by atoms with Crippen LogP contribution in [0.5, 0.6) is 0 Å². The molecule has 0 spiro atoms. The van der Waals surface area contributed by atoms with Gasteiger partial charge < -0.3 is 10.4 Å². The largest absolute Gasteiger partial charge is 0.481 e. The van der Waals surface area contributed by atoms with E-state index in [0.717, 1.165) is 12.0 Å². The molecule has 0 saturated heterocycles. The molecule has 2 N–H and O–H groups in total. The summed E-state index contributed by atoms with van der Waals surface area (Å²) in [5, 5.41) is 11.9. The van der Waals surface area contributed by atoms with Gasteiger partial charge in [0, 0.05) is 12.5 Å². The van der Waals surface area contributed by atoms with Crippen LogP contribution in [0, 0.1) is 5.92 Å². The van der Waals surface area contributed by atoms with Crippen molar-refractivity contribution in [3.63, 3.8) is 0 Å². The lowest BCUT2D eigenvalue weighted by Crippen LogP contribution is -2.33. The Labute approximate surface area is 119 Å². The van der Waals surface area contributed by atoms with Gasteiger partial charge in [-0.05, 0) is 30.7 Å². The molecule has 1 aromatic carbocycles. The van der Waals surface area contributed by atoms with Crippen LogP contribution < -0.4 is 5.32 Å². The second kappa shape index (κ2) is 6.55. The zero-order valence-corrected chi connectivity index (χ0v) is 11.7. The molecule has 0 heterocycles. The third-order valence-electron chi connectivity index (χ3n) is 4.01. The van der Waals surface area contributed by atoms with E-state index in [1.807, 2.05) is 37.3 Å². The summed E-state index contributed by atoms with van der Waals surface area (Å²) in [5.41, 5.74) is 1.15. The molecule has 1 aliphatic rings. The number of carboxylic acids is 1. The molecule has 0 aliphatic heterocycles. The van der Waals surface area contributed by atoms with Crippen LogP contribution in [-0.4, -0.2) is 23.0 Å². The van der Waals surface area contributed by atoms with Crippen LogP contribution in [0.4, 0.5) is 0 Å². The van der Waals surface area contributed by atoms with Gasteiger partial charge in [0.15, 0.2) is 0 Å². The first-order chi connectivity index (χ1) is 9.56. The lowest BCUT2D eigenvalue weighted by atomic mass is 9.97. The summed E-state index contributed by atoms with van der Waals surface area (Å²) in [6, 6.07) is 9.96. The molecule has 1 aromatic rings. The molecule has 0 aromatic heterocycles. The van der Waals surface area contributed by atoms with Crippen LogP contribution in [0.2, 0.25) is 0 Å². The number of amides is 1. The minimum Gasteiger partial charge on any atom is -0.481 e. The fourth-order valence-electron chi connectivity index (χ4n) is 2.80. The third kappa shape index (κ3) is 3.83. The van der Waals surface area contributed by atoms with Crippen molar-refractivity contribution in [2.45, 2.75) is 44.6 Å². The highest BCUT2D eigenvalue weighted by Gasteiger charge is 2.30. The molecule has 108 valence electrons. The second-order valence-electron chi connectivity index (χ2n) is 5.63. The quantitative estimate of drug-likeness (QED) is 0.868. The average Bonchev–Trinajstić information content (AvgIpc) is 2.88. The molecule has 2 rings (SSSR count). The van der Waals surface area contributed by atoms with Gasteiger partial charge in [-0.1, -0.05) is 37.3 Å². The van der Waals surface area contributed by atoms with Crippen molar-refractivity contribution >= 4 is 11.9 Å². The Morgan fingerprint density at radius 1 is 1.30 bits per heavy atom. The number of aliphatic carboxylic acids is 1. The highest BCUT2D eigenvalue weighted by atomic mass is 16.4. The van der Waals surface area contributed by atoms with Gasteiger partial charge in [0.1, 0.15) is 0 Å². The third-order valence-corrected chi connectivity index (χ3v) is 4.01. The van der Waals surface area contributed by atoms with Crippen LogP contribution in [0.3, 0.4) is 0 Å². The van der Waals surface area contributed by atoms with E-state index in [2.05, 4.69) is 5.32 Å². The van der Waals surface area contributed by atoms with Crippen LogP contribution in [0.15, 0.2) is 30.3 Å². The van der Waals surface area contributed by atoms with E-state index in [0.29, 0.717) is 19.3 Å². The van der Waals surface area contributed by atoms with Gasteiger partial charge in [0.25, 0.3) is 0 Å². The Morgan fingerprint density at radius 3 is 2.60 bits per heavy atom. The van der Waals surface area contributed by atoms with E-state index in [1.165, 1.54) is 0 Å². The Morgan fingerprint density at radius 2 is 2.00 bits per heavy atom. The van der Waals surface area contributed by atoms with E-state index in [1.54, 1.807) is 0 Å². The topological polar surface area (TPSA) is 66.4 Å². The van der Waals surface area contributed by atoms with Gasteiger partial charge >= 0.3 is 5.97 Å². The van der Waals surface area contributed by atoms with Crippen LogP contribution in [0.25, 0.3) is 0 Å². The lowest BCUT2D eigenvalue weighted by Gasteiger charge is -2.15. The molecule has 4 heteroatoms. The van der Waals surface area contributed by atoms with Crippen molar-refractivity contribution in [2.24, 2.45) is 5.92 Å². The van der Waals surface area contributed by atoms with Crippen LogP contribution in [0.1, 0.15) is 44.1 Å². The predicted molar refractivity (Wildman–Crippen MR) is 76.4 cm³/mol. The standard InChI is InChI=1S/C16H21NO3/c1-11(12-5-3-2-4-6-12)9-15(18)17-14-8-7-13(10-14)16(19)20/h2-6,11,13-14H,7-10H2,1H3,(H,17,18)(H,19,20)/t11?,13-,14+/m1/s1. The number of hydrogen-bond acceptors (Lipinski definition) is 2. The summed E-state index contributed by atoms with van der Waals surface area (Å²) in [7, 11) is 0. The Kier molecular flexibility index (Phi) is 4.77. The Balaban J connectivity index is 1.80. The van der Waals surface area contributed by atoms with Crippen molar-refractivity contribution in [1.82, 2.24) is 5.32 Å². The highest BCUT2D eigenvalue weighted by Crippen LogP contribution is 2.26. The number of benzene rings is 1. The highest BCUT2D eigenvalue weighted by molar-refractivity contribution is 5.77. The summed E-state index contributed by atoms with van der Waals surface area (Å²) in [5.74, 6) is -0.864. The monoisotopic (exact) mass is 275 g/mol. The SMILES string of the molecule is CC(CC(=O)N[C@H]1CC[C@@H](C(=O)O)C1)c1ccccc1. The molecular formula is C16H21NO3. The van der Waals surface area contributed by atoms with Gasteiger partial charge in [-0.3, -0.25) is 9.59 Å². The van der Waals surface area contributed by atoms with Gasteiger partial charge in [0.2, 0.25) is 5.91 Å². The van der Waals surface area contributed by atoms with Gasteiger partial charge in [0.05, 0.1) is 5.92 Å². The maximum atomic E-state index is 12.0. The van der Waals surface area contributed by atoms with E-state index < -0.39 is 5.97 Å². The molecule has 1 aliphatic carbocycles. The predicted octanol–water partition coefficient (Wildman–Crippen LogP) is 2.55. The molecule has 20 heavy (non-hydrogen) atoms. The van der Waals surface area contributed by atoms with Gasteiger partial charge in [-0.15, -0.1) is 0 Å². The molecule has 1 saturated carbocycles. The van der Waals surface area contributed by atoms with E-state index >= 15 is 0 Å². The van der Waals surface area contributed by atoms with E-state index in [9.17, 15) is 9.59 Å². The summed E-state index contributed by atoms with van der Waals surface area (Å²) in [6.45, 7) is 2.03. The van der Waals surface area contributed by atoms with E-state index in [4.69, 9.17) is 5.11 Å². The smallest absolute Gasteiger partial charge is 0.306 e. The van der Waals surface area contributed by atoms with Crippen molar-refractivity contribution in [3.8, 4) is 0 Å². The molecule has 3 atom stereocenters. The molecule has 0 bridgehead atoms. The minimum atomic E-state index is -0.751. The number of carboxylic acid groups (broad SMARTS) is 1. The van der Waals surface area contributed by atoms with Crippen LogP contribution in [-0.2, 0) is 9.59 Å². The Bertz CT molecular complexity index is 472. The molecular weight excluding hydrogens is 254 g/mol. The molecule has 0 radical (unpaired) electrons. The number of carbonyl (C=O) groups is 2. The first-order valence-electron chi connectivity index (χ1n) is 7.13. The number of rotatable bonds is 5. The van der Waals surface area contributed by atoms with Crippen molar-refractivity contribution in [3.05, 3.63) is 35.9 Å². The Hall–Kier alpha value is -1.84. The van der Waals surface area contributed by atoms with Crippen LogP contribution >= 0.6 is 0 Å². The normalized spacial score (nSPS) is 23.2. The van der Waals surface area contributed by atoms with Gasteiger partial charge in [-0.25, -0.2) is 0 Å². The second-order valence-corrected chi connectivity index (χ2v) is 5.63. The summed E-state index contributed by atoms with van der Waals surface area (Å²) >= 11 is 0. The van der Waals surface area contributed by atoms with Crippen molar-refractivity contribution in [2.75, 3.05) is 0 Å². The zero-order chi connectivity index (χ0) is 14.5. The molecule has 1 amide bonds. The first kappa shape index (κ1) is 14.6. The van der Waals surface area contributed by atoms with Crippen molar-refractivity contribution < 1.29 is 14.7 Å². The fourth-order valence-corrected chi connectivity index (χ4v) is 2.80. The first-order valence-corrected chi connectivity index (χ1v) is 7.13. The summed E-state index contributed by atoms with van der Waals surface area (Å²) < 4.78 is 0. The number of hydrogen-bond donors (Lipinski definition) is 2. The fraction of sp³-hybridized carbons (Fsp3) is 0.500. The van der Waals surface area contributed by atoms with Crippen molar-refractivity contribution in [1.29, 1.82) is 0 Å². The van der Waals surface area contributed by atoms with E-state index in [-0.39, 0.29) is 23.8 Å². The molecule has 1 fully saturated rings. The minimum absolute atomic E-state index is 0.0115. The number of nitrogens with one attached hydrogen (secondary N) is 1. The molecule has 4 nitrogen and oxygen atoms in total. The zero-order valence-electron chi connectivity index (χ0n) is 11.7. The maximum absolute atomic E-state index is 12.0. The average molecular weight is 275 g/mol. The number of carbonyl (C=O) groups excluding carboxylic acids is 1. The summed E-state index contributed by atoms with van der Waals surface area (Å²) in [6.07, 6.45) is 2.43. The van der Waals surface area contributed by atoms with Gasteiger partial charge in [-0.2, -0.15) is 0 Å². The lowest BCUT2D eigenvalue weighted by molar-refractivity contribution is -0.141. The maximum Gasteiger partial charge on any atom is 0.306 e. The molecule has 1 unspecified atom stereocenters. The summed E-state index contributed by atoms with van der Waals surface area (Å²) in [4.78, 5) is 22.9.